The summed E-state index contributed by atoms with van der Waals surface area (Å²) in [4.78, 5) is 9.94. The molecule has 0 unspecified atom stereocenters. The molecule has 6 nitrogen and oxygen atoms in total. The van der Waals surface area contributed by atoms with Crippen LogP contribution in [0.15, 0.2) is 41.3 Å². The van der Waals surface area contributed by atoms with E-state index in [2.05, 4.69) is 4.72 Å². The molecule has 0 fully saturated rings. The SMILES string of the molecule is Cc1ccc([N+](=O)[O-])cc1S(=O)(=O)Nc1cc(Cl)ccc1Cl. The molecule has 116 valence electrons. The maximum Gasteiger partial charge on any atom is 0.270 e. The van der Waals surface area contributed by atoms with Gasteiger partial charge in [-0.1, -0.05) is 29.3 Å². The summed E-state index contributed by atoms with van der Waals surface area (Å²) < 4.78 is 27.1. The summed E-state index contributed by atoms with van der Waals surface area (Å²) in [6.45, 7) is 1.54. The fourth-order valence-corrected chi connectivity index (χ4v) is 3.50. The summed E-state index contributed by atoms with van der Waals surface area (Å²) in [5, 5.41) is 11.3. The lowest BCUT2D eigenvalue weighted by Crippen LogP contribution is -2.15. The highest BCUT2D eigenvalue weighted by Crippen LogP contribution is 2.29. The molecule has 0 heterocycles. The molecule has 2 rings (SSSR count). The number of nitro groups is 1. The predicted octanol–water partition coefficient (Wildman–Crippen LogP) is 4.01. The van der Waals surface area contributed by atoms with E-state index in [9.17, 15) is 18.5 Å². The van der Waals surface area contributed by atoms with E-state index in [1.807, 2.05) is 0 Å². The highest BCUT2D eigenvalue weighted by Gasteiger charge is 2.21. The molecule has 2 aromatic carbocycles. The van der Waals surface area contributed by atoms with Crippen LogP contribution in [0.5, 0.6) is 0 Å². The van der Waals surface area contributed by atoms with Crippen molar-refractivity contribution in [3.05, 3.63) is 62.1 Å². The number of hydrogen-bond acceptors (Lipinski definition) is 4. The first-order valence-electron chi connectivity index (χ1n) is 5.93. The van der Waals surface area contributed by atoms with Gasteiger partial charge in [0.05, 0.1) is 20.5 Å². The lowest BCUT2D eigenvalue weighted by Gasteiger charge is -2.11. The smallest absolute Gasteiger partial charge is 0.270 e. The second-order valence-corrected chi connectivity index (χ2v) is 6.93. The Morgan fingerprint density at radius 2 is 1.82 bits per heavy atom. The van der Waals surface area contributed by atoms with Crippen LogP contribution in [-0.2, 0) is 10.0 Å². The fraction of sp³-hybridized carbons (Fsp3) is 0.0769. The topological polar surface area (TPSA) is 89.3 Å². The number of aryl methyl sites for hydroxylation is 1. The summed E-state index contributed by atoms with van der Waals surface area (Å²) in [5.41, 5.74) is 0.152. The molecule has 0 saturated carbocycles. The van der Waals surface area contributed by atoms with Gasteiger partial charge in [0.15, 0.2) is 0 Å². The molecule has 0 radical (unpaired) electrons. The van der Waals surface area contributed by atoms with Crippen molar-refractivity contribution in [2.45, 2.75) is 11.8 Å². The van der Waals surface area contributed by atoms with Crippen LogP contribution in [0.25, 0.3) is 0 Å². The van der Waals surface area contributed by atoms with Crippen molar-refractivity contribution in [1.82, 2.24) is 0 Å². The zero-order chi connectivity index (χ0) is 16.5. The largest absolute Gasteiger partial charge is 0.278 e. The third kappa shape index (κ3) is 3.49. The van der Waals surface area contributed by atoms with E-state index in [0.717, 1.165) is 6.07 Å². The lowest BCUT2D eigenvalue weighted by molar-refractivity contribution is -0.385. The summed E-state index contributed by atoms with van der Waals surface area (Å²) in [5.74, 6) is 0. The van der Waals surface area contributed by atoms with Gasteiger partial charge in [0.2, 0.25) is 0 Å². The van der Waals surface area contributed by atoms with E-state index in [4.69, 9.17) is 23.2 Å². The van der Waals surface area contributed by atoms with Crippen LogP contribution < -0.4 is 4.72 Å². The Balaban J connectivity index is 2.49. The van der Waals surface area contributed by atoms with E-state index in [-0.39, 0.29) is 21.3 Å². The average Bonchev–Trinajstić information content (AvgIpc) is 2.42. The third-order valence-corrected chi connectivity index (χ3v) is 4.92. The Bertz CT molecular complexity index is 853. The number of rotatable bonds is 4. The first kappa shape index (κ1) is 16.5. The average molecular weight is 361 g/mol. The van der Waals surface area contributed by atoms with Gasteiger partial charge in [-0.05, 0) is 30.7 Å². The van der Waals surface area contributed by atoms with Crippen LogP contribution >= 0.6 is 23.2 Å². The lowest BCUT2D eigenvalue weighted by atomic mass is 10.2. The number of hydrogen-bond donors (Lipinski definition) is 1. The van der Waals surface area contributed by atoms with Gasteiger partial charge in [-0.3, -0.25) is 14.8 Å². The summed E-state index contributed by atoms with van der Waals surface area (Å²) in [6.07, 6.45) is 0. The number of nitrogens with one attached hydrogen (secondary N) is 1. The first-order valence-corrected chi connectivity index (χ1v) is 8.17. The Hall–Kier alpha value is -1.83. The molecular weight excluding hydrogens is 351 g/mol. The number of sulfonamides is 1. The standard InChI is InChI=1S/C13H10Cl2N2O4S/c1-8-2-4-10(17(18)19)7-13(8)22(20,21)16-12-6-9(14)3-5-11(12)15/h2-7,16H,1H3. The second-order valence-electron chi connectivity index (χ2n) is 4.44. The molecule has 0 saturated heterocycles. The van der Waals surface area contributed by atoms with Crippen molar-refractivity contribution < 1.29 is 13.3 Å². The number of non-ortho nitro benzene ring substituents is 1. The molecular formula is C13H10Cl2N2O4S. The maximum atomic E-state index is 12.4. The normalized spacial score (nSPS) is 11.2. The molecule has 9 heteroatoms. The van der Waals surface area contributed by atoms with Crippen LogP contribution in [0.4, 0.5) is 11.4 Å². The number of halogens is 2. The zero-order valence-electron chi connectivity index (χ0n) is 11.2. The summed E-state index contributed by atoms with van der Waals surface area (Å²) in [6, 6.07) is 7.92. The van der Waals surface area contributed by atoms with Crippen LogP contribution in [0.1, 0.15) is 5.56 Å². The Kier molecular flexibility index (Phi) is 4.60. The minimum absolute atomic E-state index is 0.0973. The molecule has 0 atom stereocenters. The van der Waals surface area contributed by atoms with Gasteiger partial charge in [-0.25, -0.2) is 8.42 Å². The van der Waals surface area contributed by atoms with Crippen LogP contribution in [0, 0.1) is 17.0 Å². The Labute approximate surface area is 136 Å². The number of nitro benzene ring substituents is 1. The third-order valence-electron chi connectivity index (χ3n) is 2.84. The van der Waals surface area contributed by atoms with Crippen molar-refractivity contribution in [2.75, 3.05) is 4.72 Å². The fourth-order valence-electron chi connectivity index (χ4n) is 1.77. The first-order chi connectivity index (χ1) is 10.2. The molecule has 1 N–H and O–H groups in total. The minimum Gasteiger partial charge on any atom is -0.278 e. The summed E-state index contributed by atoms with van der Waals surface area (Å²) >= 11 is 11.7. The minimum atomic E-state index is -4.04. The van der Waals surface area contributed by atoms with E-state index in [1.165, 1.54) is 37.3 Å². The molecule has 0 aromatic heterocycles. The molecule has 2 aromatic rings. The van der Waals surface area contributed by atoms with Gasteiger partial charge < -0.3 is 0 Å². The van der Waals surface area contributed by atoms with E-state index in [1.54, 1.807) is 0 Å². The highest BCUT2D eigenvalue weighted by atomic mass is 35.5. The van der Waals surface area contributed by atoms with E-state index in [0.29, 0.717) is 10.6 Å². The monoisotopic (exact) mass is 360 g/mol. The molecule has 0 aliphatic carbocycles. The maximum absolute atomic E-state index is 12.4. The molecule has 22 heavy (non-hydrogen) atoms. The van der Waals surface area contributed by atoms with Crippen molar-refractivity contribution in [1.29, 1.82) is 0 Å². The summed E-state index contributed by atoms with van der Waals surface area (Å²) in [7, 11) is -4.04. The molecule has 0 bridgehead atoms. The van der Waals surface area contributed by atoms with Crippen LogP contribution in [0.3, 0.4) is 0 Å². The van der Waals surface area contributed by atoms with Gasteiger partial charge in [-0.15, -0.1) is 0 Å². The van der Waals surface area contributed by atoms with Crippen molar-refractivity contribution in [3.8, 4) is 0 Å². The second kappa shape index (κ2) is 6.12. The number of benzene rings is 2. The highest BCUT2D eigenvalue weighted by molar-refractivity contribution is 7.92. The van der Waals surface area contributed by atoms with Crippen LogP contribution in [-0.4, -0.2) is 13.3 Å². The van der Waals surface area contributed by atoms with Crippen molar-refractivity contribution >= 4 is 44.6 Å². The van der Waals surface area contributed by atoms with Gasteiger partial charge >= 0.3 is 0 Å². The van der Waals surface area contributed by atoms with Gasteiger partial charge in [0, 0.05) is 17.2 Å². The Morgan fingerprint density at radius 3 is 2.45 bits per heavy atom. The van der Waals surface area contributed by atoms with E-state index >= 15 is 0 Å². The molecule has 0 spiro atoms. The van der Waals surface area contributed by atoms with E-state index < -0.39 is 14.9 Å². The van der Waals surface area contributed by atoms with Crippen molar-refractivity contribution in [3.63, 3.8) is 0 Å². The molecule has 0 aliphatic heterocycles. The zero-order valence-corrected chi connectivity index (χ0v) is 13.5. The van der Waals surface area contributed by atoms with Gasteiger partial charge in [0.25, 0.3) is 15.7 Å². The van der Waals surface area contributed by atoms with Crippen molar-refractivity contribution in [2.24, 2.45) is 0 Å². The van der Waals surface area contributed by atoms with Gasteiger partial charge in [0.1, 0.15) is 0 Å². The molecule has 0 aliphatic rings. The Morgan fingerprint density at radius 1 is 1.14 bits per heavy atom. The number of anilines is 1. The quantitative estimate of drug-likeness (QED) is 0.658. The molecule has 0 amide bonds. The van der Waals surface area contributed by atoms with Gasteiger partial charge in [-0.2, -0.15) is 0 Å². The van der Waals surface area contributed by atoms with Crippen LogP contribution in [0.2, 0.25) is 10.0 Å². The number of nitrogens with zero attached hydrogens (tertiary/aromatic N) is 1. The predicted molar refractivity (Wildman–Crippen MR) is 85.1 cm³/mol.